The van der Waals surface area contributed by atoms with Gasteiger partial charge in [0.2, 0.25) is 0 Å². The van der Waals surface area contributed by atoms with Gasteiger partial charge in [0.15, 0.2) is 0 Å². The van der Waals surface area contributed by atoms with E-state index in [-0.39, 0.29) is 0 Å². The highest BCUT2D eigenvalue weighted by Crippen LogP contribution is 2.45. The van der Waals surface area contributed by atoms with Gasteiger partial charge in [-0.15, -0.1) is 0 Å². The summed E-state index contributed by atoms with van der Waals surface area (Å²) >= 11 is 0. The van der Waals surface area contributed by atoms with Crippen LogP contribution in [0.3, 0.4) is 0 Å². The predicted molar refractivity (Wildman–Crippen MR) is 215 cm³/mol. The lowest BCUT2D eigenvalue weighted by molar-refractivity contribution is 0.509. The van der Waals surface area contributed by atoms with Crippen LogP contribution in [0.4, 0.5) is 0 Å². The Hall–Kier alpha value is -6.58. The standard InChI is InChI=1S/C49H36N2O/c1-33-21-27-43-44(19-10-20-47(43)52-49(33)39-17-11-29-50-32-39)48-41-18-9-8-14-35(41)26-28-42(48)36-22-24-38(25-23-36)46-31-40(34-12-4-2-5-13-34)30-45(51-46)37-15-6-3-7-16-37/h2-20,22-26,28-32H,21,27H2,1H3. The minimum Gasteiger partial charge on any atom is -0.456 e. The first-order chi connectivity index (χ1) is 25.7. The second-order valence-corrected chi connectivity index (χ2v) is 13.4. The molecule has 0 bridgehead atoms. The van der Waals surface area contributed by atoms with Crippen molar-refractivity contribution in [2.75, 3.05) is 0 Å². The summed E-state index contributed by atoms with van der Waals surface area (Å²) in [5.74, 6) is 1.80. The van der Waals surface area contributed by atoms with Crippen LogP contribution in [0.1, 0.15) is 24.5 Å². The van der Waals surface area contributed by atoms with Gasteiger partial charge in [0.25, 0.3) is 0 Å². The molecule has 1 aliphatic rings. The van der Waals surface area contributed by atoms with Crippen molar-refractivity contribution in [2.24, 2.45) is 0 Å². The van der Waals surface area contributed by atoms with Crippen molar-refractivity contribution in [3.63, 3.8) is 0 Å². The van der Waals surface area contributed by atoms with Crippen molar-refractivity contribution < 1.29 is 4.74 Å². The third kappa shape index (κ3) is 5.97. The molecule has 0 saturated carbocycles. The van der Waals surface area contributed by atoms with Crippen LogP contribution in [0.25, 0.3) is 72.4 Å². The van der Waals surface area contributed by atoms with Crippen molar-refractivity contribution in [1.29, 1.82) is 0 Å². The Bertz CT molecular complexity index is 2520. The quantitative estimate of drug-likeness (QED) is 0.177. The Kier molecular flexibility index (Phi) is 8.22. The molecule has 3 heterocycles. The molecule has 8 aromatic rings. The van der Waals surface area contributed by atoms with Gasteiger partial charge in [0, 0.05) is 34.6 Å². The molecule has 2 aromatic heterocycles. The highest BCUT2D eigenvalue weighted by atomic mass is 16.5. The number of aromatic nitrogens is 2. The molecule has 52 heavy (non-hydrogen) atoms. The molecule has 3 heteroatoms. The van der Waals surface area contributed by atoms with Crippen molar-refractivity contribution in [3.05, 3.63) is 193 Å². The van der Waals surface area contributed by atoms with Gasteiger partial charge < -0.3 is 4.74 Å². The molecule has 0 fully saturated rings. The van der Waals surface area contributed by atoms with Gasteiger partial charge in [0.05, 0.1) is 11.4 Å². The van der Waals surface area contributed by atoms with Gasteiger partial charge in [-0.1, -0.05) is 133 Å². The SMILES string of the molecule is CC1=C(c2cccnc2)Oc2cccc(-c3c(-c4ccc(-c5cc(-c6ccccc6)cc(-c6ccccc6)n5)cc4)ccc4ccccc34)c2CC1. The maximum Gasteiger partial charge on any atom is 0.135 e. The minimum absolute atomic E-state index is 0.885. The highest BCUT2D eigenvalue weighted by molar-refractivity contribution is 6.05. The zero-order chi connectivity index (χ0) is 34.9. The van der Waals surface area contributed by atoms with E-state index in [2.05, 4.69) is 164 Å². The van der Waals surface area contributed by atoms with E-state index in [1.54, 1.807) is 6.20 Å². The Balaban J connectivity index is 1.15. The van der Waals surface area contributed by atoms with E-state index in [0.717, 1.165) is 63.6 Å². The van der Waals surface area contributed by atoms with E-state index in [9.17, 15) is 0 Å². The highest BCUT2D eigenvalue weighted by Gasteiger charge is 2.22. The Labute approximate surface area is 304 Å². The number of allylic oxidation sites excluding steroid dienone is 1. The maximum atomic E-state index is 6.76. The zero-order valence-corrected chi connectivity index (χ0v) is 29.0. The van der Waals surface area contributed by atoms with Crippen molar-refractivity contribution >= 4 is 16.5 Å². The smallest absolute Gasteiger partial charge is 0.135 e. The number of pyridine rings is 2. The topological polar surface area (TPSA) is 35.0 Å². The Morgan fingerprint density at radius 2 is 1.17 bits per heavy atom. The first-order valence-corrected chi connectivity index (χ1v) is 17.9. The van der Waals surface area contributed by atoms with Crippen LogP contribution in [0.15, 0.2) is 182 Å². The average molecular weight is 669 g/mol. The fraction of sp³-hybridized carbons (Fsp3) is 0.0612. The molecule has 0 spiro atoms. The first kappa shape index (κ1) is 31.4. The van der Waals surface area contributed by atoms with Crippen molar-refractivity contribution in [3.8, 4) is 61.6 Å². The second-order valence-electron chi connectivity index (χ2n) is 13.4. The summed E-state index contributed by atoms with van der Waals surface area (Å²) in [6.45, 7) is 2.17. The molecule has 1 aliphatic heterocycles. The van der Waals surface area contributed by atoms with Gasteiger partial charge >= 0.3 is 0 Å². The van der Waals surface area contributed by atoms with E-state index >= 15 is 0 Å². The minimum atomic E-state index is 0.885. The van der Waals surface area contributed by atoms with Gasteiger partial charge in [-0.25, -0.2) is 4.98 Å². The molecule has 6 aromatic carbocycles. The summed E-state index contributed by atoms with van der Waals surface area (Å²) in [4.78, 5) is 9.55. The molecule has 0 radical (unpaired) electrons. The van der Waals surface area contributed by atoms with Crippen LogP contribution in [-0.2, 0) is 6.42 Å². The summed E-state index contributed by atoms with van der Waals surface area (Å²) in [7, 11) is 0. The van der Waals surface area contributed by atoms with E-state index in [1.165, 1.54) is 44.2 Å². The van der Waals surface area contributed by atoms with Gasteiger partial charge in [0.1, 0.15) is 11.5 Å². The molecule has 0 saturated heterocycles. The fourth-order valence-corrected chi connectivity index (χ4v) is 7.43. The number of ether oxygens (including phenoxy) is 1. The van der Waals surface area contributed by atoms with Crippen LogP contribution in [0, 0.1) is 0 Å². The maximum absolute atomic E-state index is 6.76. The molecule has 0 unspecified atom stereocenters. The predicted octanol–water partition coefficient (Wildman–Crippen LogP) is 12.7. The number of rotatable bonds is 6. The van der Waals surface area contributed by atoms with E-state index in [4.69, 9.17) is 9.72 Å². The number of fused-ring (bicyclic) bond motifs is 2. The van der Waals surface area contributed by atoms with Crippen LogP contribution >= 0.6 is 0 Å². The molecular formula is C49H36N2O. The number of benzene rings is 6. The average Bonchev–Trinajstić information content (AvgIpc) is 3.40. The van der Waals surface area contributed by atoms with Gasteiger partial charge in [-0.2, -0.15) is 0 Å². The van der Waals surface area contributed by atoms with Crippen LogP contribution < -0.4 is 4.74 Å². The Morgan fingerprint density at radius 1 is 0.500 bits per heavy atom. The third-order valence-corrected chi connectivity index (χ3v) is 10.1. The lowest BCUT2D eigenvalue weighted by atomic mass is 9.86. The number of hydrogen-bond acceptors (Lipinski definition) is 3. The molecular weight excluding hydrogens is 633 g/mol. The largest absolute Gasteiger partial charge is 0.456 e. The molecule has 9 rings (SSSR count). The van der Waals surface area contributed by atoms with Crippen molar-refractivity contribution in [1.82, 2.24) is 9.97 Å². The summed E-state index contributed by atoms with van der Waals surface area (Å²) in [5, 5.41) is 2.44. The molecule has 248 valence electrons. The van der Waals surface area contributed by atoms with Crippen molar-refractivity contribution in [2.45, 2.75) is 19.8 Å². The second kappa shape index (κ2) is 13.6. The fourth-order valence-electron chi connectivity index (χ4n) is 7.43. The Morgan fingerprint density at radius 3 is 1.92 bits per heavy atom. The monoisotopic (exact) mass is 668 g/mol. The van der Waals surface area contributed by atoms with E-state index in [0.29, 0.717) is 0 Å². The third-order valence-electron chi connectivity index (χ3n) is 10.1. The van der Waals surface area contributed by atoms with Crippen LogP contribution in [0.5, 0.6) is 5.75 Å². The van der Waals surface area contributed by atoms with Gasteiger partial charge in [-0.05, 0) is 99.8 Å². The number of hydrogen-bond donors (Lipinski definition) is 0. The summed E-state index contributed by atoms with van der Waals surface area (Å²) < 4.78 is 6.76. The lowest BCUT2D eigenvalue weighted by Gasteiger charge is -2.19. The lowest BCUT2D eigenvalue weighted by Crippen LogP contribution is -1.99. The molecule has 0 amide bonds. The number of nitrogens with zero attached hydrogens (tertiary/aromatic N) is 2. The summed E-state index contributed by atoms with van der Waals surface area (Å²) in [6.07, 6.45) is 5.48. The summed E-state index contributed by atoms with van der Waals surface area (Å²) in [5.41, 5.74) is 14.6. The van der Waals surface area contributed by atoms with E-state index < -0.39 is 0 Å². The normalized spacial score (nSPS) is 12.6. The van der Waals surface area contributed by atoms with Crippen LogP contribution in [-0.4, -0.2) is 9.97 Å². The molecule has 0 N–H and O–H groups in total. The van der Waals surface area contributed by atoms with E-state index in [1.807, 2.05) is 18.3 Å². The first-order valence-electron chi connectivity index (χ1n) is 17.9. The molecule has 3 nitrogen and oxygen atoms in total. The molecule has 0 aliphatic carbocycles. The zero-order valence-electron chi connectivity index (χ0n) is 29.0. The van der Waals surface area contributed by atoms with Gasteiger partial charge in [-0.3, -0.25) is 4.98 Å². The van der Waals surface area contributed by atoms with Crippen LogP contribution in [0.2, 0.25) is 0 Å². The summed E-state index contributed by atoms with van der Waals surface area (Å²) in [6, 6.07) is 58.0. The molecule has 0 atom stereocenters.